The number of hydrogen-bond donors (Lipinski definition) is 0. The fourth-order valence-electron chi connectivity index (χ4n) is 2.10. The number of unbranched alkanes of at least 4 members (excludes halogenated alkanes) is 2. The van der Waals surface area contributed by atoms with Gasteiger partial charge in [0.1, 0.15) is 5.75 Å². The Morgan fingerprint density at radius 2 is 1.70 bits per heavy atom. The van der Waals surface area contributed by atoms with Gasteiger partial charge in [-0.15, -0.1) is 0 Å². The molecule has 2 rings (SSSR count). The topological polar surface area (TPSA) is 50.1 Å². The lowest BCUT2D eigenvalue weighted by Gasteiger charge is -2.04. The lowest BCUT2D eigenvalue weighted by molar-refractivity contribution is -0.129. The molecule has 2 aromatic carbocycles. The van der Waals surface area contributed by atoms with E-state index in [0.29, 0.717) is 11.3 Å². The Labute approximate surface area is 136 Å². The van der Waals surface area contributed by atoms with E-state index < -0.39 is 0 Å². The molecule has 0 atom stereocenters. The highest BCUT2D eigenvalue weighted by atomic mass is 16.5. The van der Waals surface area contributed by atoms with Crippen LogP contribution in [0.15, 0.2) is 60.7 Å². The minimum Gasteiger partial charge on any atom is -0.423 e. The molecule has 3 nitrogen and oxygen atoms in total. The molecule has 2 aromatic rings. The van der Waals surface area contributed by atoms with E-state index in [9.17, 15) is 4.79 Å². The molecule has 23 heavy (non-hydrogen) atoms. The van der Waals surface area contributed by atoms with Crippen LogP contribution in [0.2, 0.25) is 0 Å². The van der Waals surface area contributed by atoms with Crippen LogP contribution in [0.1, 0.15) is 31.7 Å². The SMILES string of the molecule is CCCC/C=C/C(=O)Oc1ccc(-c2ccc(C#N)cc2)cc1. The van der Waals surface area contributed by atoms with Crippen LogP contribution in [-0.2, 0) is 4.79 Å². The van der Waals surface area contributed by atoms with E-state index in [0.717, 1.165) is 30.4 Å². The second kappa shape index (κ2) is 8.55. The monoisotopic (exact) mass is 305 g/mol. The summed E-state index contributed by atoms with van der Waals surface area (Å²) in [5, 5.41) is 8.81. The Morgan fingerprint density at radius 3 is 2.26 bits per heavy atom. The number of benzene rings is 2. The first kappa shape index (κ1) is 16.5. The molecule has 0 amide bonds. The molecule has 116 valence electrons. The highest BCUT2D eigenvalue weighted by molar-refractivity contribution is 5.84. The third kappa shape index (κ3) is 5.12. The van der Waals surface area contributed by atoms with E-state index in [-0.39, 0.29) is 5.97 Å². The fraction of sp³-hybridized carbons (Fsp3) is 0.200. The van der Waals surface area contributed by atoms with Gasteiger partial charge in [-0.3, -0.25) is 0 Å². The van der Waals surface area contributed by atoms with E-state index in [1.165, 1.54) is 6.08 Å². The second-order valence-corrected chi connectivity index (χ2v) is 5.18. The minimum atomic E-state index is -0.354. The van der Waals surface area contributed by atoms with Gasteiger partial charge in [-0.05, 0) is 41.8 Å². The number of hydrogen-bond acceptors (Lipinski definition) is 3. The first-order valence-electron chi connectivity index (χ1n) is 7.72. The molecule has 0 unspecified atom stereocenters. The van der Waals surface area contributed by atoms with Gasteiger partial charge in [0.2, 0.25) is 0 Å². The second-order valence-electron chi connectivity index (χ2n) is 5.18. The van der Waals surface area contributed by atoms with Gasteiger partial charge in [-0.2, -0.15) is 5.26 Å². The predicted octanol–water partition coefficient (Wildman–Crippen LogP) is 4.88. The van der Waals surface area contributed by atoms with E-state index in [2.05, 4.69) is 13.0 Å². The number of esters is 1. The zero-order valence-corrected chi connectivity index (χ0v) is 13.2. The van der Waals surface area contributed by atoms with Crippen molar-refractivity contribution < 1.29 is 9.53 Å². The van der Waals surface area contributed by atoms with Crippen molar-refractivity contribution in [3.8, 4) is 22.9 Å². The van der Waals surface area contributed by atoms with Crippen LogP contribution < -0.4 is 4.74 Å². The molecule has 0 aliphatic carbocycles. The summed E-state index contributed by atoms with van der Waals surface area (Å²) in [4.78, 5) is 11.7. The number of nitrogens with zero attached hydrogens (tertiary/aromatic N) is 1. The van der Waals surface area contributed by atoms with Crippen molar-refractivity contribution in [2.75, 3.05) is 0 Å². The summed E-state index contributed by atoms with van der Waals surface area (Å²) in [5.74, 6) is 0.166. The van der Waals surface area contributed by atoms with Crippen LogP contribution in [0.3, 0.4) is 0 Å². The summed E-state index contributed by atoms with van der Waals surface area (Å²) in [6.45, 7) is 2.11. The van der Waals surface area contributed by atoms with Gasteiger partial charge in [0.25, 0.3) is 0 Å². The summed E-state index contributed by atoms with van der Waals surface area (Å²) >= 11 is 0. The van der Waals surface area contributed by atoms with Crippen molar-refractivity contribution in [3.05, 3.63) is 66.2 Å². The van der Waals surface area contributed by atoms with E-state index in [1.807, 2.05) is 30.3 Å². The maximum atomic E-state index is 11.7. The molecular formula is C20H19NO2. The third-order valence-corrected chi connectivity index (χ3v) is 3.40. The lowest BCUT2D eigenvalue weighted by atomic mass is 10.0. The third-order valence-electron chi connectivity index (χ3n) is 3.40. The van der Waals surface area contributed by atoms with E-state index in [1.54, 1.807) is 24.3 Å². The highest BCUT2D eigenvalue weighted by Crippen LogP contribution is 2.22. The Bertz CT molecular complexity index is 707. The largest absolute Gasteiger partial charge is 0.423 e. The van der Waals surface area contributed by atoms with Crippen LogP contribution >= 0.6 is 0 Å². The number of nitriles is 1. The molecule has 0 bridgehead atoms. The molecule has 0 aromatic heterocycles. The number of rotatable bonds is 6. The van der Waals surface area contributed by atoms with Gasteiger partial charge < -0.3 is 4.74 Å². The molecule has 0 saturated carbocycles. The first-order chi connectivity index (χ1) is 11.2. The normalized spacial score (nSPS) is 10.4. The number of ether oxygens (including phenoxy) is 1. The Morgan fingerprint density at radius 1 is 1.09 bits per heavy atom. The fourth-order valence-corrected chi connectivity index (χ4v) is 2.10. The lowest BCUT2D eigenvalue weighted by Crippen LogP contribution is -2.03. The van der Waals surface area contributed by atoms with Crippen molar-refractivity contribution in [3.63, 3.8) is 0 Å². The number of carbonyl (C=O) groups is 1. The van der Waals surface area contributed by atoms with E-state index >= 15 is 0 Å². The molecular weight excluding hydrogens is 286 g/mol. The smallest absolute Gasteiger partial charge is 0.335 e. The van der Waals surface area contributed by atoms with Crippen LogP contribution in [0.5, 0.6) is 5.75 Å². The Balaban J connectivity index is 1.97. The van der Waals surface area contributed by atoms with Crippen LogP contribution in [0.25, 0.3) is 11.1 Å². The Kier molecular flexibility index (Phi) is 6.14. The Hall–Kier alpha value is -2.86. The predicted molar refractivity (Wildman–Crippen MR) is 90.9 cm³/mol. The molecule has 0 radical (unpaired) electrons. The van der Waals surface area contributed by atoms with Crippen molar-refractivity contribution in [2.45, 2.75) is 26.2 Å². The van der Waals surface area contributed by atoms with Gasteiger partial charge in [-0.1, -0.05) is 50.1 Å². The average molecular weight is 305 g/mol. The van der Waals surface area contributed by atoms with Crippen LogP contribution in [0.4, 0.5) is 0 Å². The number of carbonyl (C=O) groups excluding carboxylic acids is 1. The summed E-state index contributed by atoms with van der Waals surface area (Å²) in [6, 6.07) is 16.8. The van der Waals surface area contributed by atoms with Gasteiger partial charge in [0, 0.05) is 6.08 Å². The van der Waals surface area contributed by atoms with E-state index in [4.69, 9.17) is 10.00 Å². The van der Waals surface area contributed by atoms with Gasteiger partial charge in [0.05, 0.1) is 11.6 Å². The standard InChI is InChI=1S/C20H19NO2/c1-2-3-4-5-6-20(22)23-19-13-11-18(12-14-19)17-9-7-16(15-21)8-10-17/h5-14H,2-4H2,1H3/b6-5+. The van der Waals surface area contributed by atoms with Gasteiger partial charge >= 0.3 is 5.97 Å². The number of allylic oxidation sites excluding steroid dienone is 1. The minimum absolute atomic E-state index is 0.354. The van der Waals surface area contributed by atoms with Crippen molar-refractivity contribution in [1.29, 1.82) is 5.26 Å². The van der Waals surface area contributed by atoms with Crippen molar-refractivity contribution in [1.82, 2.24) is 0 Å². The quantitative estimate of drug-likeness (QED) is 0.331. The summed E-state index contributed by atoms with van der Waals surface area (Å²) in [7, 11) is 0. The zero-order chi connectivity index (χ0) is 16.5. The van der Waals surface area contributed by atoms with Crippen LogP contribution in [-0.4, -0.2) is 5.97 Å². The van der Waals surface area contributed by atoms with Crippen molar-refractivity contribution >= 4 is 5.97 Å². The van der Waals surface area contributed by atoms with Gasteiger partial charge in [0.15, 0.2) is 0 Å². The van der Waals surface area contributed by atoms with Crippen LogP contribution in [0, 0.1) is 11.3 Å². The van der Waals surface area contributed by atoms with Gasteiger partial charge in [-0.25, -0.2) is 4.79 Å². The summed E-state index contributed by atoms with van der Waals surface area (Å²) in [5.41, 5.74) is 2.66. The maximum absolute atomic E-state index is 11.7. The molecule has 3 heteroatoms. The molecule has 0 aliphatic rings. The maximum Gasteiger partial charge on any atom is 0.335 e. The first-order valence-corrected chi connectivity index (χ1v) is 7.72. The molecule has 0 aliphatic heterocycles. The molecule has 0 saturated heterocycles. The highest BCUT2D eigenvalue weighted by Gasteiger charge is 2.02. The molecule has 0 fully saturated rings. The zero-order valence-electron chi connectivity index (χ0n) is 13.2. The molecule has 0 spiro atoms. The van der Waals surface area contributed by atoms with Crippen molar-refractivity contribution in [2.24, 2.45) is 0 Å². The molecule has 0 heterocycles. The average Bonchev–Trinajstić information content (AvgIpc) is 2.59. The molecule has 0 N–H and O–H groups in total. The summed E-state index contributed by atoms with van der Waals surface area (Å²) in [6.07, 6.45) is 6.39. The summed E-state index contributed by atoms with van der Waals surface area (Å²) < 4.78 is 5.25.